The van der Waals surface area contributed by atoms with E-state index in [1.807, 2.05) is 37.4 Å². The Bertz CT molecular complexity index is 621. The number of unbranched alkanes of at least 4 members (excludes halogenated alkanes) is 10. The van der Waals surface area contributed by atoms with Crippen molar-refractivity contribution in [2.24, 2.45) is 0 Å². The van der Waals surface area contributed by atoms with Gasteiger partial charge in [-0.3, -0.25) is 4.55 Å². The monoisotopic (exact) mass is 553 g/mol. The van der Waals surface area contributed by atoms with Crippen molar-refractivity contribution in [1.82, 2.24) is 0 Å². The summed E-state index contributed by atoms with van der Waals surface area (Å²) in [5, 5.41) is 0. The predicted molar refractivity (Wildman–Crippen MR) is 141 cm³/mol. The number of nitrogens with zero attached hydrogens (tertiary/aromatic N) is 1. The van der Waals surface area contributed by atoms with E-state index in [0.717, 1.165) is 44.2 Å². The number of anilines is 1. The summed E-state index contributed by atoms with van der Waals surface area (Å²) in [5.41, 5.74) is 0.835. The van der Waals surface area contributed by atoms with Crippen LogP contribution in [0.4, 0.5) is 5.69 Å². The predicted octanol–water partition coefficient (Wildman–Crippen LogP) is 7.83. The highest BCUT2D eigenvalue weighted by molar-refractivity contribution is 14.0. The fraction of sp³-hybridized carbons (Fsp3) is 0.750. The summed E-state index contributed by atoms with van der Waals surface area (Å²) in [6.45, 7) is 4.39. The molecule has 1 aromatic rings. The van der Waals surface area contributed by atoms with Crippen LogP contribution in [0.5, 0.6) is 0 Å². The largest absolute Gasteiger partial charge is 0.354 e. The van der Waals surface area contributed by atoms with Crippen LogP contribution in [-0.4, -0.2) is 24.9 Å². The van der Waals surface area contributed by atoms with Crippen LogP contribution in [0.25, 0.3) is 0 Å². The molecule has 0 fully saturated rings. The molecule has 0 aliphatic heterocycles. The van der Waals surface area contributed by atoms with Gasteiger partial charge in [-0.2, -0.15) is 8.42 Å². The Balaban J connectivity index is 0.00000841. The second-order valence-corrected chi connectivity index (χ2v) is 10.1. The van der Waals surface area contributed by atoms with Gasteiger partial charge in [0.2, 0.25) is 0 Å². The van der Waals surface area contributed by atoms with E-state index in [4.69, 9.17) is 0 Å². The molecule has 0 saturated heterocycles. The van der Waals surface area contributed by atoms with Crippen LogP contribution in [0.3, 0.4) is 0 Å². The zero-order valence-electron chi connectivity index (χ0n) is 19.3. The van der Waals surface area contributed by atoms with Gasteiger partial charge in [0.05, 0.1) is 0 Å². The molecule has 0 saturated carbocycles. The van der Waals surface area contributed by atoms with Crippen LogP contribution in [0.15, 0.2) is 30.3 Å². The molecule has 0 amide bonds. The Morgan fingerprint density at radius 3 is 1.57 bits per heavy atom. The summed E-state index contributed by atoms with van der Waals surface area (Å²) in [4.78, 5) is 0.560. The van der Waals surface area contributed by atoms with Crippen molar-refractivity contribution in [3.63, 3.8) is 0 Å². The molecular formula is C24H44INO3S. The third kappa shape index (κ3) is 9.86. The van der Waals surface area contributed by atoms with E-state index in [2.05, 4.69) is 13.8 Å². The first-order chi connectivity index (χ1) is 13.9. The number of hydrogen-bond acceptors (Lipinski definition) is 3. The maximum absolute atomic E-state index is 12.7. The topological polar surface area (TPSA) is 57.6 Å². The summed E-state index contributed by atoms with van der Waals surface area (Å²) >= 11 is 0. The minimum absolute atomic E-state index is 0. The van der Waals surface area contributed by atoms with Crippen LogP contribution in [0.2, 0.25) is 0 Å². The number of benzene rings is 1. The van der Waals surface area contributed by atoms with Crippen molar-refractivity contribution in [1.29, 1.82) is 0 Å². The number of rotatable bonds is 17. The molecule has 0 bridgehead atoms. The molecule has 0 atom stereocenters. The van der Waals surface area contributed by atoms with Gasteiger partial charge < -0.3 is 4.90 Å². The Kier molecular flexibility index (Phi) is 16.1. The van der Waals surface area contributed by atoms with Crippen molar-refractivity contribution in [3.8, 4) is 0 Å². The summed E-state index contributed by atoms with van der Waals surface area (Å²) in [7, 11) is -2.43. The molecule has 1 rings (SSSR count). The highest BCUT2D eigenvalue weighted by atomic mass is 127. The molecule has 0 aromatic heterocycles. The summed E-state index contributed by atoms with van der Waals surface area (Å²) in [5.74, 6) is 0. The van der Waals surface area contributed by atoms with Gasteiger partial charge in [-0.1, -0.05) is 96.3 Å². The first-order valence-electron chi connectivity index (χ1n) is 11.6. The first kappa shape index (κ1) is 29.7. The lowest BCUT2D eigenvalue weighted by Gasteiger charge is -2.41. The van der Waals surface area contributed by atoms with E-state index in [1.165, 1.54) is 38.5 Å². The summed E-state index contributed by atoms with van der Waals surface area (Å²) in [6.07, 6.45) is 14.1. The van der Waals surface area contributed by atoms with Crippen molar-refractivity contribution >= 4 is 39.8 Å². The Morgan fingerprint density at radius 2 is 1.17 bits per heavy atom. The average molecular weight is 554 g/mol. The number of para-hydroxylation sites is 1. The van der Waals surface area contributed by atoms with Gasteiger partial charge in [-0.25, -0.2) is 0 Å². The van der Waals surface area contributed by atoms with Gasteiger partial charge in [0, 0.05) is 12.7 Å². The molecule has 1 aromatic carbocycles. The molecule has 30 heavy (non-hydrogen) atoms. The Hall–Kier alpha value is -0.340. The highest BCUT2D eigenvalue weighted by Gasteiger charge is 2.45. The van der Waals surface area contributed by atoms with E-state index in [9.17, 15) is 13.0 Å². The fourth-order valence-corrected chi connectivity index (χ4v) is 5.40. The fourth-order valence-electron chi connectivity index (χ4n) is 4.14. The highest BCUT2D eigenvalue weighted by Crippen LogP contribution is 2.36. The van der Waals surface area contributed by atoms with E-state index in [0.29, 0.717) is 12.8 Å². The van der Waals surface area contributed by atoms with Gasteiger partial charge in [0.25, 0.3) is 10.1 Å². The van der Waals surface area contributed by atoms with Gasteiger partial charge in [-0.15, -0.1) is 24.0 Å². The van der Waals surface area contributed by atoms with E-state index < -0.39 is 15.0 Å². The maximum atomic E-state index is 12.7. The van der Waals surface area contributed by atoms with Gasteiger partial charge in [0.15, 0.2) is 4.87 Å². The van der Waals surface area contributed by atoms with Gasteiger partial charge >= 0.3 is 0 Å². The molecule has 0 unspecified atom stereocenters. The molecule has 1 N–H and O–H groups in total. The Morgan fingerprint density at radius 1 is 0.767 bits per heavy atom. The van der Waals surface area contributed by atoms with Crippen molar-refractivity contribution in [2.45, 2.75) is 109 Å². The zero-order valence-corrected chi connectivity index (χ0v) is 22.5. The van der Waals surface area contributed by atoms with Crippen molar-refractivity contribution in [3.05, 3.63) is 30.3 Å². The normalized spacial score (nSPS) is 11.9. The minimum Gasteiger partial charge on any atom is -0.354 e. The molecule has 6 heteroatoms. The van der Waals surface area contributed by atoms with Gasteiger partial charge in [0.1, 0.15) is 0 Å². The third-order valence-electron chi connectivity index (χ3n) is 6.08. The molecular weight excluding hydrogens is 509 g/mol. The molecule has 0 aliphatic carbocycles. The minimum atomic E-state index is -4.24. The third-order valence-corrected chi connectivity index (χ3v) is 7.72. The lowest BCUT2D eigenvalue weighted by Crippen LogP contribution is -2.53. The van der Waals surface area contributed by atoms with E-state index in [-0.39, 0.29) is 24.0 Å². The van der Waals surface area contributed by atoms with Crippen molar-refractivity contribution in [2.75, 3.05) is 11.9 Å². The molecule has 176 valence electrons. The van der Waals surface area contributed by atoms with Crippen LogP contribution in [-0.2, 0) is 10.1 Å². The molecule has 0 aliphatic rings. The molecule has 4 nitrogen and oxygen atoms in total. The lowest BCUT2D eigenvalue weighted by molar-refractivity contribution is 0.364. The average Bonchev–Trinajstić information content (AvgIpc) is 2.70. The molecule has 0 heterocycles. The molecule has 0 radical (unpaired) electrons. The summed E-state index contributed by atoms with van der Waals surface area (Å²) < 4.78 is 35.8. The molecule has 0 spiro atoms. The van der Waals surface area contributed by atoms with Gasteiger partial charge in [-0.05, 0) is 37.8 Å². The zero-order chi connectivity index (χ0) is 21.6. The van der Waals surface area contributed by atoms with Crippen LogP contribution >= 0.6 is 24.0 Å². The lowest BCUT2D eigenvalue weighted by atomic mass is 9.97. The smallest absolute Gasteiger partial charge is 0.289 e. The van der Waals surface area contributed by atoms with Crippen LogP contribution in [0.1, 0.15) is 104 Å². The van der Waals surface area contributed by atoms with Crippen molar-refractivity contribution < 1.29 is 13.0 Å². The van der Waals surface area contributed by atoms with Crippen LogP contribution in [0, 0.1) is 0 Å². The number of hydrogen-bond donors (Lipinski definition) is 1. The second kappa shape index (κ2) is 16.3. The second-order valence-electron chi connectivity index (χ2n) is 8.35. The first-order valence-corrected chi connectivity index (χ1v) is 13.1. The van der Waals surface area contributed by atoms with E-state index >= 15 is 0 Å². The Labute approximate surface area is 203 Å². The number of halogens is 1. The summed E-state index contributed by atoms with van der Waals surface area (Å²) in [6, 6.07) is 9.59. The maximum Gasteiger partial charge on any atom is 0.289 e. The standard InChI is InChI=1S/C24H43NO3S.HI/c1-4-6-8-10-12-17-21-24(29(26,27)28,22-18-13-11-9-7-5-2)25(3)23-19-15-14-16-20-23;/h14-16,19-20H,4-13,17-18,21-22H2,1-3H3,(H,26,27,28);1H. The van der Waals surface area contributed by atoms with Crippen LogP contribution < -0.4 is 4.90 Å². The van der Waals surface area contributed by atoms with E-state index in [1.54, 1.807) is 4.90 Å². The quantitative estimate of drug-likeness (QED) is 0.121. The SMILES string of the molecule is CCCCCCCCC(CCCCCCCC)(N(C)c1ccccc1)S(=O)(=O)O.I.